The zero-order valence-electron chi connectivity index (χ0n) is 7.45. The highest BCUT2D eigenvalue weighted by Crippen LogP contribution is 2.41. The van der Waals surface area contributed by atoms with Crippen LogP contribution in [-0.2, 0) is 11.5 Å². The molecule has 0 aliphatic heterocycles. The van der Waals surface area contributed by atoms with Crippen molar-refractivity contribution in [3.05, 3.63) is 27.5 Å². The Hall–Kier alpha value is -0.240. The number of hydrogen-bond acceptors (Lipinski definition) is 1. The summed E-state index contributed by atoms with van der Waals surface area (Å²) in [5.41, 5.74) is -2.26. The van der Waals surface area contributed by atoms with Gasteiger partial charge in [0.25, 0.3) is 6.43 Å². The molecule has 0 saturated heterocycles. The SMILES string of the molecule is FC(F)c1cnc(CBr)c(C(F)(F)F)c1Br. The minimum absolute atomic E-state index is 0.163. The highest BCUT2D eigenvalue weighted by Gasteiger charge is 2.38. The van der Waals surface area contributed by atoms with Gasteiger partial charge < -0.3 is 0 Å². The van der Waals surface area contributed by atoms with Crippen LogP contribution in [0.4, 0.5) is 22.0 Å². The molecule has 0 saturated carbocycles. The van der Waals surface area contributed by atoms with Crippen LogP contribution in [0, 0.1) is 0 Å². The molecule has 1 rings (SSSR count). The number of hydrogen-bond donors (Lipinski definition) is 0. The largest absolute Gasteiger partial charge is 0.419 e. The van der Waals surface area contributed by atoms with Crippen LogP contribution < -0.4 is 0 Å². The van der Waals surface area contributed by atoms with E-state index in [1.807, 2.05) is 0 Å². The number of aromatic nitrogens is 1. The molecule has 1 nitrogen and oxygen atoms in total. The van der Waals surface area contributed by atoms with Gasteiger partial charge in [-0.25, -0.2) is 8.78 Å². The molecule has 1 heterocycles. The summed E-state index contributed by atoms with van der Waals surface area (Å²) >= 11 is 5.37. The Morgan fingerprint density at radius 3 is 2.25 bits per heavy atom. The second-order valence-electron chi connectivity index (χ2n) is 2.78. The van der Waals surface area contributed by atoms with Gasteiger partial charge in [0.05, 0.1) is 16.8 Å². The van der Waals surface area contributed by atoms with Gasteiger partial charge in [0.1, 0.15) is 0 Å². The van der Waals surface area contributed by atoms with Crippen molar-refractivity contribution in [2.75, 3.05) is 0 Å². The fourth-order valence-electron chi connectivity index (χ4n) is 1.08. The monoisotopic (exact) mass is 367 g/mol. The average molecular weight is 369 g/mol. The van der Waals surface area contributed by atoms with Crippen molar-refractivity contribution in [3.8, 4) is 0 Å². The van der Waals surface area contributed by atoms with Crippen molar-refractivity contribution in [2.45, 2.75) is 17.9 Å². The molecule has 1 aromatic rings. The highest BCUT2D eigenvalue weighted by molar-refractivity contribution is 9.10. The van der Waals surface area contributed by atoms with Gasteiger partial charge in [0, 0.05) is 16.0 Å². The van der Waals surface area contributed by atoms with Crippen LogP contribution in [0.1, 0.15) is 23.2 Å². The van der Waals surface area contributed by atoms with Crippen LogP contribution in [-0.4, -0.2) is 4.98 Å². The first-order valence-electron chi connectivity index (χ1n) is 3.87. The zero-order valence-corrected chi connectivity index (χ0v) is 10.6. The van der Waals surface area contributed by atoms with Crippen LogP contribution in [0.25, 0.3) is 0 Å². The van der Waals surface area contributed by atoms with E-state index in [1.165, 1.54) is 0 Å². The van der Waals surface area contributed by atoms with Gasteiger partial charge >= 0.3 is 6.18 Å². The van der Waals surface area contributed by atoms with Crippen molar-refractivity contribution in [1.82, 2.24) is 4.98 Å². The molecule has 0 fully saturated rings. The topological polar surface area (TPSA) is 12.9 Å². The number of pyridine rings is 1. The van der Waals surface area contributed by atoms with Crippen LogP contribution in [0.2, 0.25) is 0 Å². The van der Waals surface area contributed by atoms with Crippen LogP contribution in [0.15, 0.2) is 10.7 Å². The minimum atomic E-state index is -4.72. The molecule has 1 aromatic heterocycles. The Labute approximate surface area is 104 Å². The predicted molar refractivity (Wildman–Crippen MR) is 54.5 cm³/mol. The lowest BCUT2D eigenvalue weighted by molar-refractivity contribution is -0.139. The van der Waals surface area contributed by atoms with Gasteiger partial charge in [0.2, 0.25) is 0 Å². The fraction of sp³-hybridized carbons (Fsp3) is 0.375. The smallest absolute Gasteiger partial charge is 0.259 e. The lowest BCUT2D eigenvalue weighted by Crippen LogP contribution is -2.13. The normalized spacial score (nSPS) is 12.2. The Morgan fingerprint density at radius 2 is 1.88 bits per heavy atom. The Bertz CT molecular complexity index is 391. The molecular formula is C8H4Br2F5N. The second-order valence-corrected chi connectivity index (χ2v) is 4.14. The maximum absolute atomic E-state index is 12.6. The summed E-state index contributed by atoms with van der Waals surface area (Å²) in [6, 6.07) is 0. The van der Waals surface area contributed by atoms with Crippen LogP contribution >= 0.6 is 31.9 Å². The molecular weight excluding hydrogens is 365 g/mol. The molecule has 0 unspecified atom stereocenters. The first kappa shape index (κ1) is 13.8. The van der Waals surface area contributed by atoms with Crippen molar-refractivity contribution < 1.29 is 22.0 Å². The predicted octanol–water partition coefficient (Wildman–Crippen LogP) is 4.70. The summed E-state index contributed by atoms with van der Waals surface area (Å²) in [4.78, 5) is 3.37. The zero-order chi connectivity index (χ0) is 12.5. The number of alkyl halides is 6. The first-order chi connectivity index (χ1) is 7.29. The molecule has 8 heteroatoms. The summed E-state index contributed by atoms with van der Waals surface area (Å²) in [5.74, 6) is 0. The molecule has 0 spiro atoms. The number of halogens is 7. The van der Waals surface area contributed by atoms with E-state index in [4.69, 9.17) is 0 Å². The molecule has 0 aromatic carbocycles. The van der Waals surface area contributed by atoms with E-state index >= 15 is 0 Å². The minimum Gasteiger partial charge on any atom is -0.259 e. The summed E-state index contributed by atoms with van der Waals surface area (Å²) in [5, 5.41) is -0.163. The second kappa shape index (κ2) is 4.95. The van der Waals surface area contributed by atoms with Gasteiger partial charge in [-0.3, -0.25) is 4.98 Å². The van der Waals surface area contributed by atoms with Crippen LogP contribution in [0.5, 0.6) is 0 Å². The molecule has 16 heavy (non-hydrogen) atoms. The summed E-state index contributed by atoms with van der Waals surface area (Å²) in [6.45, 7) is 0. The molecule has 0 bridgehead atoms. The van der Waals surface area contributed by atoms with E-state index < -0.39 is 28.2 Å². The lowest BCUT2D eigenvalue weighted by atomic mass is 10.1. The molecule has 0 N–H and O–H groups in total. The lowest BCUT2D eigenvalue weighted by Gasteiger charge is -2.15. The highest BCUT2D eigenvalue weighted by atomic mass is 79.9. The fourth-order valence-corrected chi connectivity index (χ4v) is 2.24. The number of rotatable bonds is 2. The Morgan fingerprint density at radius 1 is 1.31 bits per heavy atom. The van der Waals surface area contributed by atoms with Crippen molar-refractivity contribution >= 4 is 31.9 Å². The standard InChI is InChI=1S/C8H4Br2F5N/c9-1-4-5(8(13,14)15)6(10)3(2-16-4)7(11)12/h2,7H,1H2. The number of nitrogens with zero attached hydrogens (tertiary/aromatic N) is 1. The summed E-state index contributed by atoms with van der Waals surface area (Å²) in [7, 11) is 0. The molecule has 0 aliphatic carbocycles. The Kier molecular flexibility index (Phi) is 4.28. The summed E-state index contributed by atoms with van der Waals surface area (Å²) < 4.78 is 61.9. The molecule has 0 aliphatic rings. The quantitative estimate of drug-likeness (QED) is 0.545. The van der Waals surface area contributed by atoms with Gasteiger partial charge in [0.15, 0.2) is 0 Å². The maximum atomic E-state index is 12.6. The van der Waals surface area contributed by atoms with Crippen molar-refractivity contribution in [2.24, 2.45) is 0 Å². The molecule has 0 amide bonds. The average Bonchev–Trinajstić information content (AvgIpc) is 2.14. The van der Waals surface area contributed by atoms with Gasteiger partial charge in [-0.2, -0.15) is 13.2 Å². The van der Waals surface area contributed by atoms with Crippen molar-refractivity contribution in [3.63, 3.8) is 0 Å². The first-order valence-corrected chi connectivity index (χ1v) is 5.79. The third-order valence-electron chi connectivity index (χ3n) is 1.77. The van der Waals surface area contributed by atoms with E-state index in [0.717, 1.165) is 6.20 Å². The molecule has 90 valence electrons. The van der Waals surface area contributed by atoms with Gasteiger partial charge in [-0.05, 0) is 15.9 Å². The van der Waals surface area contributed by atoms with E-state index in [-0.39, 0.29) is 11.0 Å². The Balaban J connectivity index is 3.47. The third kappa shape index (κ3) is 2.71. The van der Waals surface area contributed by atoms with Crippen molar-refractivity contribution in [1.29, 1.82) is 0 Å². The van der Waals surface area contributed by atoms with E-state index in [0.29, 0.717) is 0 Å². The van der Waals surface area contributed by atoms with E-state index in [1.54, 1.807) is 0 Å². The van der Waals surface area contributed by atoms with E-state index in [2.05, 4.69) is 36.8 Å². The third-order valence-corrected chi connectivity index (χ3v) is 3.15. The maximum Gasteiger partial charge on any atom is 0.419 e. The molecule has 0 radical (unpaired) electrons. The van der Waals surface area contributed by atoms with Gasteiger partial charge in [-0.15, -0.1) is 0 Å². The van der Waals surface area contributed by atoms with Gasteiger partial charge in [-0.1, -0.05) is 15.9 Å². The van der Waals surface area contributed by atoms with E-state index in [9.17, 15) is 22.0 Å². The van der Waals surface area contributed by atoms with Crippen LogP contribution in [0.3, 0.4) is 0 Å². The molecule has 0 atom stereocenters. The summed E-state index contributed by atoms with van der Waals surface area (Å²) in [6.07, 6.45) is -6.99.